The van der Waals surface area contributed by atoms with Crippen LogP contribution in [0.2, 0.25) is 0 Å². The SMILES string of the molecule is N#Cc1ccc(NC(=O)CCOC2CCOCC2)cc1. The first-order chi connectivity index (χ1) is 9.78. The van der Waals surface area contributed by atoms with Crippen molar-refractivity contribution in [1.29, 1.82) is 5.26 Å². The summed E-state index contributed by atoms with van der Waals surface area (Å²) in [6.07, 6.45) is 2.35. The fourth-order valence-electron chi connectivity index (χ4n) is 2.01. The van der Waals surface area contributed by atoms with Gasteiger partial charge in [-0.15, -0.1) is 0 Å². The van der Waals surface area contributed by atoms with Gasteiger partial charge >= 0.3 is 0 Å². The number of ether oxygens (including phenoxy) is 2. The molecule has 106 valence electrons. The predicted molar refractivity (Wildman–Crippen MR) is 74.2 cm³/mol. The van der Waals surface area contributed by atoms with Gasteiger partial charge in [0.2, 0.25) is 5.91 Å². The lowest BCUT2D eigenvalue weighted by Gasteiger charge is -2.22. The zero-order valence-corrected chi connectivity index (χ0v) is 11.3. The number of carbonyl (C=O) groups excluding carboxylic acids is 1. The van der Waals surface area contributed by atoms with Crippen molar-refractivity contribution in [2.24, 2.45) is 0 Å². The molecule has 0 aromatic heterocycles. The lowest BCUT2D eigenvalue weighted by molar-refractivity contribution is -0.118. The van der Waals surface area contributed by atoms with Gasteiger partial charge in [-0.25, -0.2) is 0 Å². The van der Waals surface area contributed by atoms with E-state index in [0.29, 0.717) is 24.3 Å². The number of benzene rings is 1. The zero-order chi connectivity index (χ0) is 14.2. The van der Waals surface area contributed by atoms with Crippen LogP contribution in [0.5, 0.6) is 0 Å². The molecule has 0 radical (unpaired) electrons. The average Bonchev–Trinajstić information content (AvgIpc) is 2.49. The molecule has 1 saturated heterocycles. The van der Waals surface area contributed by atoms with Gasteiger partial charge < -0.3 is 14.8 Å². The van der Waals surface area contributed by atoms with Crippen molar-refractivity contribution in [3.05, 3.63) is 29.8 Å². The fourth-order valence-corrected chi connectivity index (χ4v) is 2.01. The Balaban J connectivity index is 1.68. The fraction of sp³-hybridized carbons (Fsp3) is 0.467. The summed E-state index contributed by atoms with van der Waals surface area (Å²) in [5, 5.41) is 11.5. The van der Waals surface area contributed by atoms with Gasteiger partial charge in [-0.1, -0.05) is 0 Å². The molecular weight excluding hydrogens is 256 g/mol. The Morgan fingerprint density at radius 2 is 2.05 bits per heavy atom. The summed E-state index contributed by atoms with van der Waals surface area (Å²) in [5.41, 5.74) is 1.27. The van der Waals surface area contributed by atoms with E-state index in [9.17, 15) is 4.79 Å². The summed E-state index contributed by atoms with van der Waals surface area (Å²) in [4.78, 5) is 11.7. The maximum atomic E-state index is 11.7. The highest BCUT2D eigenvalue weighted by Gasteiger charge is 2.14. The molecule has 1 aromatic rings. The van der Waals surface area contributed by atoms with Gasteiger partial charge in [0.1, 0.15) is 0 Å². The van der Waals surface area contributed by atoms with E-state index in [-0.39, 0.29) is 12.0 Å². The quantitative estimate of drug-likeness (QED) is 0.892. The molecule has 1 aromatic carbocycles. The Morgan fingerprint density at radius 3 is 2.70 bits per heavy atom. The summed E-state index contributed by atoms with van der Waals surface area (Å²) in [7, 11) is 0. The van der Waals surface area contributed by atoms with Crippen molar-refractivity contribution >= 4 is 11.6 Å². The van der Waals surface area contributed by atoms with Gasteiger partial charge in [-0.05, 0) is 37.1 Å². The van der Waals surface area contributed by atoms with Gasteiger partial charge in [-0.3, -0.25) is 4.79 Å². The molecule has 1 fully saturated rings. The highest BCUT2D eigenvalue weighted by Crippen LogP contribution is 2.12. The minimum Gasteiger partial charge on any atom is -0.381 e. The molecule has 0 atom stereocenters. The van der Waals surface area contributed by atoms with E-state index in [4.69, 9.17) is 14.7 Å². The number of nitriles is 1. The van der Waals surface area contributed by atoms with E-state index in [1.54, 1.807) is 24.3 Å². The zero-order valence-electron chi connectivity index (χ0n) is 11.3. The smallest absolute Gasteiger partial charge is 0.226 e. The lowest BCUT2D eigenvalue weighted by atomic mass is 10.1. The number of amides is 1. The molecule has 1 heterocycles. The van der Waals surface area contributed by atoms with Crippen molar-refractivity contribution in [2.75, 3.05) is 25.1 Å². The van der Waals surface area contributed by atoms with Crippen molar-refractivity contribution < 1.29 is 14.3 Å². The van der Waals surface area contributed by atoms with Crippen molar-refractivity contribution in [3.63, 3.8) is 0 Å². The molecule has 1 aliphatic heterocycles. The second kappa shape index (κ2) is 7.63. The van der Waals surface area contributed by atoms with E-state index >= 15 is 0 Å². The van der Waals surface area contributed by atoms with Gasteiger partial charge in [0.15, 0.2) is 0 Å². The summed E-state index contributed by atoms with van der Waals surface area (Å²) >= 11 is 0. The minimum atomic E-state index is -0.0817. The molecule has 1 aliphatic rings. The second-order valence-electron chi connectivity index (χ2n) is 4.67. The Hall–Kier alpha value is -1.90. The summed E-state index contributed by atoms with van der Waals surface area (Å²) in [5.74, 6) is -0.0817. The van der Waals surface area contributed by atoms with Gasteiger partial charge in [-0.2, -0.15) is 5.26 Å². The van der Waals surface area contributed by atoms with Crippen molar-refractivity contribution in [1.82, 2.24) is 0 Å². The van der Waals surface area contributed by atoms with E-state index < -0.39 is 0 Å². The predicted octanol–water partition coefficient (Wildman–Crippen LogP) is 2.08. The van der Waals surface area contributed by atoms with Crippen LogP contribution >= 0.6 is 0 Å². The Labute approximate surface area is 118 Å². The number of nitrogens with one attached hydrogen (secondary N) is 1. The highest BCUT2D eigenvalue weighted by molar-refractivity contribution is 5.90. The van der Waals surface area contributed by atoms with E-state index in [1.807, 2.05) is 6.07 Å². The van der Waals surface area contributed by atoms with Crippen molar-refractivity contribution in [3.8, 4) is 6.07 Å². The molecule has 0 spiro atoms. The molecule has 20 heavy (non-hydrogen) atoms. The highest BCUT2D eigenvalue weighted by atomic mass is 16.5. The van der Waals surface area contributed by atoms with Crippen LogP contribution in [-0.4, -0.2) is 31.8 Å². The maximum Gasteiger partial charge on any atom is 0.226 e. The van der Waals surface area contributed by atoms with E-state index in [2.05, 4.69) is 5.32 Å². The van der Waals surface area contributed by atoms with Crippen LogP contribution in [0.4, 0.5) is 5.69 Å². The molecule has 1 amide bonds. The van der Waals surface area contributed by atoms with Crippen LogP contribution in [0.25, 0.3) is 0 Å². The maximum absolute atomic E-state index is 11.7. The van der Waals surface area contributed by atoms with Gasteiger partial charge in [0.25, 0.3) is 0 Å². The van der Waals surface area contributed by atoms with Crippen LogP contribution in [0, 0.1) is 11.3 Å². The molecule has 5 heteroatoms. The first-order valence-corrected chi connectivity index (χ1v) is 6.77. The Kier molecular flexibility index (Phi) is 5.54. The normalized spacial score (nSPS) is 15.6. The topological polar surface area (TPSA) is 71.4 Å². The number of carbonyl (C=O) groups is 1. The average molecular weight is 274 g/mol. The molecular formula is C15H18N2O3. The first kappa shape index (κ1) is 14.5. The minimum absolute atomic E-state index is 0.0817. The summed E-state index contributed by atoms with van der Waals surface area (Å²) in [6.45, 7) is 1.90. The number of anilines is 1. The second-order valence-corrected chi connectivity index (χ2v) is 4.67. The van der Waals surface area contributed by atoms with Gasteiger partial charge in [0.05, 0.1) is 30.8 Å². The molecule has 1 N–H and O–H groups in total. The van der Waals surface area contributed by atoms with Crippen LogP contribution < -0.4 is 5.32 Å². The van der Waals surface area contributed by atoms with Crippen molar-refractivity contribution in [2.45, 2.75) is 25.4 Å². The van der Waals surface area contributed by atoms with Crippen LogP contribution in [0.3, 0.4) is 0 Å². The first-order valence-electron chi connectivity index (χ1n) is 6.77. The number of hydrogen-bond acceptors (Lipinski definition) is 4. The molecule has 0 unspecified atom stereocenters. The molecule has 0 saturated carbocycles. The number of nitrogens with zero attached hydrogens (tertiary/aromatic N) is 1. The van der Waals surface area contributed by atoms with E-state index in [1.165, 1.54) is 0 Å². The molecule has 5 nitrogen and oxygen atoms in total. The van der Waals surface area contributed by atoms with E-state index in [0.717, 1.165) is 26.1 Å². The third-order valence-electron chi connectivity index (χ3n) is 3.15. The summed E-state index contributed by atoms with van der Waals surface area (Å²) < 4.78 is 10.9. The Bertz CT molecular complexity index is 473. The van der Waals surface area contributed by atoms with Crippen LogP contribution in [0.1, 0.15) is 24.8 Å². The standard InChI is InChI=1S/C15H18N2O3/c16-11-12-1-3-13(4-2-12)17-15(18)7-10-20-14-5-8-19-9-6-14/h1-4,14H,5-10H2,(H,17,18). The van der Waals surface area contributed by atoms with Gasteiger partial charge in [0, 0.05) is 18.9 Å². The number of hydrogen-bond donors (Lipinski definition) is 1. The third-order valence-corrected chi connectivity index (χ3v) is 3.15. The lowest BCUT2D eigenvalue weighted by Crippen LogP contribution is -2.25. The largest absolute Gasteiger partial charge is 0.381 e. The Morgan fingerprint density at radius 1 is 1.35 bits per heavy atom. The number of rotatable bonds is 5. The third kappa shape index (κ3) is 4.65. The van der Waals surface area contributed by atoms with Crippen LogP contribution in [0.15, 0.2) is 24.3 Å². The molecule has 2 rings (SSSR count). The summed E-state index contributed by atoms with van der Waals surface area (Å²) in [6, 6.07) is 8.82. The monoisotopic (exact) mass is 274 g/mol. The van der Waals surface area contributed by atoms with Crippen LogP contribution in [-0.2, 0) is 14.3 Å². The molecule has 0 bridgehead atoms. The molecule has 0 aliphatic carbocycles.